The van der Waals surface area contributed by atoms with Crippen LogP contribution in [0.15, 0.2) is 0 Å². The number of rotatable bonds is 6. The molecular weight excluding hydrogens is 226 g/mol. The molecule has 4 heteroatoms. The summed E-state index contributed by atoms with van der Waals surface area (Å²) in [6, 6.07) is 0.404. The second kappa shape index (κ2) is 5.55. The second-order valence-corrected chi connectivity index (χ2v) is 5.14. The lowest BCUT2D eigenvalue weighted by molar-refractivity contribution is 0.0949. The first-order valence-electron chi connectivity index (χ1n) is 7.03. The highest BCUT2D eigenvalue weighted by Gasteiger charge is 2.28. The van der Waals surface area contributed by atoms with Gasteiger partial charge in [-0.1, -0.05) is 26.7 Å². The monoisotopic (exact) mass is 249 g/mol. The molecule has 1 aliphatic rings. The highest BCUT2D eigenvalue weighted by molar-refractivity contribution is 5.97. The van der Waals surface area contributed by atoms with Crippen molar-refractivity contribution in [3.8, 4) is 0 Å². The summed E-state index contributed by atoms with van der Waals surface area (Å²) >= 11 is 0. The summed E-state index contributed by atoms with van der Waals surface area (Å²) in [7, 11) is 1.94. The predicted molar refractivity (Wildman–Crippen MR) is 71.7 cm³/mol. The number of carbonyl (C=O) groups excluding carboxylic acids is 1. The zero-order valence-electron chi connectivity index (χ0n) is 11.6. The Labute approximate surface area is 109 Å². The van der Waals surface area contributed by atoms with Crippen LogP contribution in [0.25, 0.3) is 0 Å². The molecule has 0 bridgehead atoms. The van der Waals surface area contributed by atoms with E-state index in [0.29, 0.717) is 6.04 Å². The van der Waals surface area contributed by atoms with Gasteiger partial charge in [-0.3, -0.25) is 9.48 Å². The minimum absolute atomic E-state index is 0.0810. The highest BCUT2D eigenvalue weighted by atomic mass is 16.1. The quantitative estimate of drug-likeness (QED) is 0.840. The first-order valence-corrected chi connectivity index (χ1v) is 7.03. The van der Waals surface area contributed by atoms with Gasteiger partial charge in [0.05, 0.1) is 17.0 Å². The third-order valence-electron chi connectivity index (χ3n) is 3.35. The fraction of sp³-hybridized carbons (Fsp3) is 0.714. The van der Waals surface area contributed by atoms with Gasteiger partial charge in [0, 0.05) is 13.1 Å². The van der Waals surface area contributed by atoms with Gasteiger partial charge in [0.1, 0.15) is 0 Å². The van der Waals surface area contributed by atoms with E-state index >= 15 is 0 Å². The zero-order valence-corrected chi connectivity index (χ0v) is 11.6. The van der Waals surface area contributed by atoms with Gasteiger partial charge >= 0.3 is 0 Å². The summed E-state index contributed by atoms with van der Waals surface area (Å²) in [5.41, 5.74) is 2.88. The number of carbonyl (C=O) groups is 1. The molecule has 1 aliphatic carbocycles. The van der Waals surface area contributed by atoms with Crippen LogP contribution in [0.1, 0.15) is 61.3 Å². The largest absolute Gasteiger partial charge is 0.349 e. The van der Waals surface area contributed by atoms with E-state index in [0.717, 1.165) is 55.5 Å². The van der Waals surface area contributed by atoms with Gasteiger partial charge in [0.2, 0.25) is 0 Å². The van der Waals surface area contributed by atoms with Gasteiger partial charge in [-0.05, 0) is 25.7 Å². The normalized spacial score (nSPS) is 14.8. The first-order chi connectivity index (χ1) is 8.67. The third kappa shape index (κ3) is 2.74. The molecule has 0 spiro atoms. The van der Waals surface area contributed by atoms with Crippen LogP contribution in [-0.2, 0) is 19.9 Å². The summed E-state index contributed by atoms with van der Waals surface area (Å²) in [5, 5.41) is 7.61. The average molecular weight is 249 g/mol. The SMILES string of the molecule is CCCc1nn(C)c(CCC)c1C(=O)NC1CC1. The van der Waals surface area contributed by atoms with Gasteiger partial charge in [0.15, 0.2) is 0 Å². The van der Waals surface area contributed by atoms with E-state index in [-0.39, 0.29) is 5.91 Å². The Bertz CT molecular complexity index is 432. The van der Waals surface area contributed by atoms with E-state index in [1.165, 1.54) is 0 Å². The Morgan fingerprint density at radius 2 is 2.00 bits per heavy atom. The Morgan fingerprint density at radius 3 is 2.56 bits per heavy atom. The lowest BCUT2D eigenvalue weighted by atomic mass is 10.1. The molecule has 1 heterocycles. The Morgan fingerprint density at radius 1 is 1.33 bits per heavy atom. The molecule has 0 atom stereocenters. The number of hydrogen-bond acceptors (Lipinski definition) is 2. The van der Waals surface area contributed by atoms with E-state index in [9.17, 15) is 4.79 Å². The summed E-state index contributed by atoms with van der Waals surface area (Å²) in [6.07, 6.45) is 6.10. The fourth-order valence-corrected chi connectivity index (χ4v) is 2.30. The van der Waals surface area contributed by atoms with Crippen molar-refractivity contribution in [2.75, 3.05) is 0 Å². The number of amides is 1. The molecule has 0 radical (unpaired) electrons. The molecule has 1 saturated carbocycles. The molecule has 2 rings (SSSR count). The molecule has 1 aromatic heterocycles. The van der Waals surface area contributed by atoms with Gasteiger partial charge in [-0.15, -0.1) is 0 Å². The van der Waals surface area contributed by atoms with Crippen molar-refractivity contribution in [2.24, 2.45) is 7.05 Å². The number of nitrogens with zero attached hydrogens (tertiary/aromatic N) is 2. The summed E-state index contributed by atoms with van der Waals surface area (Å²) in [6.45, 7) is 4.26. The van der Waals surface area contributed by atoms with E-state index in [1.807, 2.05) is 11.7 Å². The van der Waals surface area contributed by atoms with Crippen molar-refractivity contribution in [1.82, 2.24) is 15.1 Å². The van der Waals surface area contributed by atoms with Crippen LogP contribution in [0.2, 0.25) is 0 Å². The molecule has 1 aromatic rings. The molecule has 1 fully saturated rings. The molecule has 18 heavy (non-hydrogen) atoms. The number of aryl methyl sites for hydroxylation is 2. The Kier molecular flexibility index (Phi) is 4.04. The van der Waals surface area contributed by atoms with Gasteiger partial charge in [0.25, 0.3) is 5.91 Å². The molecule has 100 valence electrons. The topological polar surface area (TPSA) is 46.9 Å². The lowest BCUT2D eigenvalue weighted by Crippen LogP contribution is -2.27. The second-order valence-electron chi connectivity index (χ2n) is 5.14. The molecule has 1 N–H and O–H groups in total. The van der Waals surface area contributed by atoms with Crippen molar-refractivity contribution in [3.63, 3.8) is 0 Å². The molecule has 1 amide bonds. The van der Waals surface area contributed by atoms with Crippen LogP contribution in [0, 0.1) is 0 Å². The first kappa shape index (κ1) is 13.1. The highest BCUT2D eigenvalue weighted by Crippen LogP contribution is 2.22. The van der Waals surface area contributed by atoms with Crippen LogP contribution in [0.3, 0.4) is 0 Å². The van der Waals surface area contributed by atoms with E-state index < -0.39 is 0 Å². The summed E-state index contributed by atoms with van der Waals surface area (Å²) < 4.78 is 1.89. The van der Waals surface area contributed by atoms with Crippen LogP contribution < -0.4 is 5.32 Å². The molecular formula is C14H23N3O. The maximum absolute atomic E-state index is 12.3. The molecule has 0 aromatic carbocycles. The molecule has 0 unspecified atom stereocenters. The van der Waals surface area contributed by atoms with Crippen LogP contribution in [0.5, 0.6) is 0 Å². The van der Waals surface area contributed by atoms with Crippen molar-refractivity contribution >= 4 is 5.91 Å². The third-order valence-corrected chi connectivity index (χ3v) is 3.35. The lowest BCUT2D eigenvalue weighted by Gasteiger charge is -2.07. The van der Waals surface area contributed by atoms with E-state index in [4.69, 9.17) is 0 Å². The standard InChI is InChI=1S/C14H23N3O/c1-4-6-11-13(14(18)15-10-8-9-10)12(7-5-2)17(3)16-11/h10H,4-9H2,1-3H3,(H,15,18). The van der Waals surface area contributed by atoms with Crippen LogP contribution in [-0.4, -0.2) is 21.7 Å². The summed E-state index contributed by atoms with van der Waals surface area (Å²) in [4.78, 5) is 12.3. The Balaban J connectivity index is 2.29. The van der Waals surface area contributed by atoms with Gasteiger partial charge in [-0.2, -0.15) is 5.10 Å². The van der Waals surface area contributed by atoms with Crippen molar-refractivity contribution in [2.45, 2.75) is 58.4 Å². The predicted octanol–water partition coefficient (Wildman–Crippen LogP) is 2.22. The molecule has 0 aliphatic heterocycles. The smallest absolute Gasteiger partial charge is 0.255 e. The number of nitrogens with one attached hydrogen (secondary N) is 1. The van der Waals surface area contributed by atoms with Crippen molar-refractivity contribution in [3.05, 3.63) is 17.0 Å². The van der Waals surface area contributed by atoms with E-state index in [2.05, 4.69) is 24.3 Å². The van der Waals surface area contributed by atoms with E-state index in [1.54, 1.807) is 0 Å². The molecule has 4 nitrogen and oxygen atoms in total. The Hall–Kier alpha value is -1.32. The minimum Gasteiger partial charge on any atom is -0.349 e. The van der Waals surface area contributed by atoms with Crippen LogP contribution in [0.4, 0.5) is 0 Å². The number of hydrogen-bond donors (Lipinski definition) is 1. The minimum atomic E-state index is 0.0810. The van der Waals surface area contributed by atoms with Gasteiger partial charge in [-0.25, -0.2) is 0 Å². The van der Waals surface area contributed by atoms with Crippen molar-refractivity contribution in [1.29, 1.82) is 0 Å². The maximum Gasteiger partial charge on any atom is 0.255 e. The average Bonchev–Trinajstić information content (AvgIpc) is 3.07. The van der Waals surface area contributed by atoms with Crippen molar-refractivity contribution < 1.29 is 4.79 Å². The number of aromatic nitrogens is 2. The fourth-order valence-electron chi connectivity index (χ4n) is 2.30. The maximum atomic E-state index is 12.3. The summed E-state index contributed by atoms with van der Waals surface area (Å²) in [5.74, 6) is 0.0810. The van der Waals surface area contributed by atoms with Gasteiger partial charge < -0.3 is 5.32 Å². The van der Waals surface area contributed by atoms with Crippen LogP contribution >= 0.6 is 0 Å². The molecule has 0 saturated heterocycles. The zero-order chi connectivity index (χ0) is 13.1.